The molecular weight excluding hydrogens is 254 g/mol. The molecule has 0 saturated carbocycles. The van der Waals surface area contributed by atoms with Crippen LogP contribution in [0.2, 0.25) is 0 Å². The Kier molecular flexibility index (Phi) is 3.18. The van der Waals surface area contributed by atoms with Crippen LogP contribution in [-0.4, -0.2) is 39.4 Å². The number of hydrogen-bond donors (Lipinski definition) is 0. The Morgan fingerprint density at radius 3 is 2.70 bits per heavy atom. The summed E-state index contributed by atoms with van der Waals surface area (Å²) in [6.45, 7) is 2.79. The monoisotopic (exact) mass is 271 g/mol. The van der Waals surface area contributed by atoms with E-state index >= 15 is 0 Å². The molecule has 0 N–H and O–H groups in total. The van der Waals surface area contributed by atoms with E-state index < -0.39 is 6.04 Å². The second kappa shape index (κ2) is 5.00. The molecule has 0 aliphatic carbocycles. The van der Waals surface area contributed by atoms with Crippen molar-refractivity contribution < 1.29 is 9.59 Å². The summed E-state index contributed by atoms with van der Waals surface area (Å²) in [5.41, 5.74) is 1.03. The molecule has 1 atom stereocenters. The third kappa shape index (κ3) is 2.05. The number of benzene rings is 1. The first-order chi connectivity index (χ1) is 9.68. The maximum absolute atomic E-state index is 12.5. The summed E-state index contributed by atoms with van der Waals surface area (Å²) < 4.78 is 0. The third-order valence-corrected chi connectivity index (χ3v) is 3.73. The molecule has 0 radical (unpaired) electrons. The van der Waals surface area contributed by atoms with E-state index in [0.29, 0.717) is 13.1 Å². The molecule has 3 amide bonds. The van der Waals surface area contributed by atoms with Crippen LogP contribution in [0.5, 0.6) is 0 Å². The van der Waals surface area contributed by atoms with Crippen molar-refractivity contribution in [1.82, 2.24) is 14.9 Å². The highest BCUT2D eigenvalue weighted by atomic mass is 16.2. The molecule has 1 aromatic carbocycles. The van der Waals surface area contributed by atoms with Crippen molar-refractivity contribution in [1.29, 1.82) is 0 Å². The lowest BCUT2D eigenvalue weighted by molar-refractivity contribution is -0.151. The van der Waals surface area contributed by atoms with E-state index in [1.54, 1.807) is 18.0 Å². The summed E-state index contributed by atoms with van der Waals surface area (Å²) in [6.07, 6.45) is 4.39. The molecule has 1 aromatic rings. The maximum Gasteiger partial charge on any atom is 0.340 e. The minimum absolute atomic E-state index is 0.0588. The fourth-order valence-corrected chi connectivity index (χ4v) is 2.56. The smallest absolute Gasteiger partial charge is 0.307 e. The number of carbonyl (C=O) groups is 2. The fourth-order valence-electron chi connectivity index (χ4n) is 2.56. The Morgan fingerprint density at radius 2 is 1.95 bits per heavy atom. The van der Waals surface area contributed by atoms with Gasteiger partial charge in [0.15, 0.2) is 0 Å². The number of hydrogen-bond acceptors (Lipinski definition) is 2. The number of carbonyl (C=O) groups excluding carboxylic acids is 2. The van der Waals surface area contributed by atoms with Crippen molar-refractivity contribution in [3.05, 3.63) is 48.2 Å². The Morgan fingerprint density at radius 1 is 1.20 bits per heavy atom. The molecule has 2 aliphatic rings. The Labute approximate surface area is 118 Å². The number of urea groups is 1. The van der Waals surface area contributed by atoms with Gasteiger partial charge in [-0.15, -0.1) is 0 Å². The van der Waals surface area contributed by atoms with Crippen molar-refractivity contribution in [2.45, 2.75) is 25.9 Å². The molecule has 0 aromatic heterocycles. The zero-order valence-corrected chi connectivity index (χ0v) is 11.4. The van der Waals surface area contributed by atoms with Crippen LogP contribution in [0.3, 0.4) is 0 Å². The summed E-state index contributed by atoms with van der Waals surface area (Å²) in [5.74, 6) is -0.0588. The van der Waals surface area contributed by atoms with Gasteiger partial charge in [0, 0.05) is 19.3 Å². The second-order valence-corrected chi connectivity index (χ2v) is 5.05. The van der Waals surface area contributed by atoms with Gasteiger partial charge in [-0.25, -0.2) is 14.8 Å². The van der Waals surface area contributed by atoms with Crippen LogP contribution >= 0.6 is 0 Å². The molecule has 0 unspecified atom stereocenters. The molecule has 1 saturated heterocycles. The first-order valence-corrected chi connectivity index (χ1v) is 6.80. The molecule has 0 bridgehead atoms. The maximum atomic E-state index is 12.5. The molecule has 5 heteroatoms. The van der Waals surface area contributed by atoms with Crippen LogP contribution in [0.15, 0.2) is 42.6 Å². The average molecular weight is 271 g/mol. The van der Waals surface area contributed by atoms with Gasteiger partial charge >= 0.3 is 6.03 Å². The van der Waals surface area contributed by atoms with Gasteiger partial charge in [-0.2, -0.15) is 0 Å². The average Bonchev–Trinajstić information content (AvgIpc) is 2.50. The molecule has 0 spiro atoms. The molecule has 2 heterocycles. The lowest BCUT2D eigenvalue weighted by Gasteiger charge is -2.46. The second-order valence-electron chi connectivity index (χ2n) is 5.05. The van der Waals surface area contributed by atoms with Crippen molar-refractivity contribution >= 4 is 11.9 Å². The van der Waals surface area contributed by atoms with Gasteiger partial charge in [-0.1, -0.05) is 36.4 Å². The van der Waals surface area contributed by atoms with Crippen LogP contribution < -0.4 is 0 Å². The van der Waals surface area contributed by atoms with Crippen molar-refractivity contribution in [2.24, 2.45) is 0 Å². The number of amides is 3. The van der Waals surface area contributed by atoms with E-state index in [1.165, 1.54) is 10.0 Å². The molecule has 3 rings (SSSR count). The van der Waals surface area contributed by atoms with E-state index in [9.17, 15) is 9.59 Å². The van der Waals surface area contributed by atoms with Gasteiger partial charge < -0.3 is 4.90 Å². The standard InChI is InChI=1S/C15H17N3O2/c1-12-14(19)17-9-5-6-10-18(17)15(20)16(12)11-13-7-3-2-4-8-13/h2-5,7-9,12H,6,10-11H2,1H3/t12-/m1/s1. The summed E-state index contributed by atoms with van der Waals surface area (Å²) in [7, 11) is 0. The minimum Gasteiger partial charge on any atom is -0.307 e. The number of rotatable bonds is 2. The van der Waals surface area contributed by atoms with Gasteiger partial charge in [0.25, 0.3) is 5.91 Å². The first kappa shape index (κ1) is 12.7. The number of fused-ring (bicyclic) bond motifs is 1. The zero-order valence-electron chi connectivity index (χ0n) is 11.4. The molecule has 20 heavy (non-hydrogen) atoms. The van der Waals surface area contributed by atoms with Gasteiger partial charge in [-0.05, 0) is 18.9 Å². The van der Waals surface area contributed by atoms with Crippen molar-refractivity contribution in [2.75, 3.05) is 6.54 Å². The van der Waals surface area contributed by atoms with E-state index in [2.05, 4.69) is 0 Å². The van der Waals surface area contributed by atoms with Crippen molar-refractivity contribution in [3.8, 4) is 0 Å². The lowest BCUT2D eigenvalue weighted by atomic mass is 10.1. The molecule has 5 nitrogen and oxygen atoms in total. The third-order valence-electron chi connectivity index (χ3n) is 3.73. The van der Waals surface area contributed by atoms with Crippen molar-refractivity contribution in [3.63, 3.8) is 0 Å². The highest BCUT2D eigenvalue weighted by molar-refractivity contribution is 5.92. The van der Waals surface area contributed by atoms with Crippen LogP contribution in [0, 0.1) is 0 Å². The highest BCUT2D eigenvalue weighted by Crippen LogP contribution is 2.23. The van der Waals surface area contributed by atoms with Crippen LogP contribution in [0.4, 0.5) is 4.79 Å². The van der Waals surface area contributed by atoms with E-state index in [4.69, 9.17) is 0 Å². The number of hydrazine groups is 1. The van der Waals surface area contributed by atoms with E-state index in [1.807, 2.05) is 36.4 Å². The molecule has 1 fully saturated rings. The van der Waals surface area contributed by atoms with Gasteiger partial charge in [0.1, 0.15) is 6.04 Å². The largest absolute Gasteiger partial charge is 0.340 e. The van der Waals surface area contributed by atoms with Gasteiger partial charge in [0.2, 0.25) is 0 Å². The normalized spacial score (nSPS) is 22.2. The summed E-state index contributed by atoms with van der Waals surface area (Å²) in [5, 5.41) is 2.96. The molecular formula is C15H17N3O2. The van der Waals surface area contributed by atoms with Crippen LogP contribution in [0.1, 0.15) is 18.9 Å². The van der Waals surface area contributed by atoms with Crippen LogP contribution in [0.25, 0.3) is 0 Å². The topological polar surface area (TPSA) is 43.9 Å². The summed E-state index contributed by atoms with van der Waals surface area (Å²) in [6, 6.07) is 9.19. The first-order valence-electron chi connectivity index (χ1n) is 6.80. The quantitative estimate of drug-likeness (QED) is 0.825. The Balaban J connectivity index is 1.86. The van der Waals surface area contributed by atoms with Gasteiger partial charge in [-0.3, -0.25) is 4.79 Å². The van der Waals surface area contributed by atoms with E-state index in [-0.39, 0.29) is 11.9 Å². The molecule has 104 valence electrons. The highest BCUT2D eigenvalue weighted by Gasteiger charge is 2.41. The predicted molar refractivity (Wildman–Crippen MR) is 74.2 cm³/mol. The lowest BCUT2D eigenvalue weighted by Crippen LogP contribution is -2.64. The summed E-state index contributed by atoms with van der Waals surface area (Å²) >= 11 is 0. The SMILES string of the molecule is C[C@@H]1C(=O)N2C=CCCN2C(=O)N1Cc1ccccc1. The van der Waals surface area contributed by atoms with E-state index in [0.717, 1.165) is 12.0 Å². The Hall–Kier alpha value is -2.30. The van der Waals surface area contributed by atoms with Gasteiger partial charge in [0.05, 0.1) is 0 Å². The zero-order chi connectivity index (χ0) is 14.1. The fraction of sp³-hybridized carbons (Fsp3) is 0.333. The predicted octanol–water partition coefficient (Wildman–Crippen LogP) is 1.97. The Bertz CT molecular complexity index is 555. The van der Waals surface area contributed by atoms with Crippen LogP contribution in [-0.2, 0) is 11.3 Å². The summed E-state index contributed by atoms with van der Waals surface area (Å²) in [4.78, 5) is 26.5. The number of nitrogens with zero attached hydrogens (tertiary/aromatic N) is 3. The molecule has 2 aliphatic heterocycles. The minimum atomic E-state index is -0.443.